The number of carboxylic acid groups (broad SMARTS) is 1. The van der Waals surface area contributed by atoms with Crippen molar-refractivity contribution in [2.45, 2.75) is 12.6 Å². The maximum atomic E-state index is 12.1. The lowest BCUT2D eigenvalue weighted by Crippen LogP contribution is -2.34. The second kappa shape index (κ2) is 6.55. The standard InChI is InChI=1S/C11H15F3N2O3/c12-11(13,14)7-16-4-3-8(6-16)5-15-9(17)1-2-10(18)19/h1-2,8H,3-7H2,(H,15,17)(H,18,19)/b2-1+. The molecule has 0 spiro atoms. The lowest BCUT2D eigenvalue weighted by atomic mass is 10.1. The highest BCUT2D eigenvalue weighted by atomic mass is 19.4. The van der Waals surface area contributed by atoms with Crippen molar-refractivity contribution in [1.82, 2.24) is 10.2 Å². The molecule has 0 aromatic carbocycles. The maximum Gasteiger partial charge on any atom is 0.401 e. The third-order valence-corrected chi connectivity index (χ3v) is 2.72. The summed E-state index contributed by atoms with van der Waals surface area (Å²) in [5, 5.41) is 10.8. The average Bonchev–Trinajstić information content (AvgIpc) is 2.68. The van der Waals surface area contributed by atoms with Gasteiger partial charge in [-0.1, -0.05) is 0 Å². The fraction of sp³-hybridized carbons (Fsp3) is 0.636. The zero-order valence-corrected chi connectivity index (χ0v) is 10.1. The Morgan fingerprint density at radius 1 is 1.37 bits per heavy atom. The van der Waals surface area contributed by atoms with Gasteiger partial charge >= 0.3 is 12.1 Å². The summed E-state index contributed by atoms with van der Waals surface area (Å²) in [5.74, 6) is -1.83. The van der Waals surface area contributed by atoms with E-state index in [2.05, 4.69) is 5.32 Å². The van der Waals surface area contributed by atoms with Crippen LogP contribution in [0.4, 0.5) is 13.2 Å². The minimum atomic E-state index is -4.21. The van der Waals surface area contributed by atoms with E-state index >= 15 is 0 Å². The number of halogens is 3. The van der Waals surface area contributed by atoms with Crippen LogP contribution >= 0.6 is 0 Å². The molecular weight excluding hydrogens is 265 g/mol. The van der Waals surface area contributed by atoms with Gasteiger partial charge in [0.15, 0.2) is 0 Å². The molecule has 1 amide bonds. The molecule has 19 heavy (non-hydrogen) atoms. The Bertz CT molecular complexity index is 369. The van der Waals surface area contributed by atoms with Gasteiger partial charge in [-0.25, -0.2) is 4.79 Å². The molecular formula is C11H15F3N2O3. The van der Waals surface area contributed by atoms with Crippen LogP contribution in [0.25, 0.3) is 0 Å². The molecule has 0 saturated carbocycles. The van der Waals surface area contributed by atoms with Crippen LogP contribution in [-0.2, 0) is 9.59 Å². The van der Waals surface area contributed by atoms with Gasteiger partial charge in [-0.15, -0.1) is 0 Å². The lowest BCUT2D eigenvalue weighted by molar-refractivity contribution is -0.143. The SMILES string of the molecule is O=C(O)/C=C/C(=O)NCC1CCN(CC(F)(F)F)C1. The van der Waals surface area contributed by atoms with E-state index in [9.17, 15) is 22.8 Å². The average molecular weight is 280 g/mol. The van der Waals surface area contributed by atoms with Crippen molar-refractivity contribution in [2.75, 3.05) is 26.2 Å². The number of nitrogens with one attached hydrogen (secondary N) is 1. The Morgan fingerprint density at radius 2 is 2.05 bits per heavy atom. The summed E-state index contributed by atoms with van der Waals surface area (Å²) in [4.78, 5) is 22.6. The number of nitrogens with zero attached hydrogens (tertiary/aromatic N) is 1. The first-order valence-corrected chi connectivity index (χ1v) is 5.74. The molecule has 1 rings (SSSR count). The van der Waals surface area contributed by atoms with Gasteiger partial charge in [0, 0.05) is 25.2 Å². The predicted molar refractivity (Wildman–Crippen MR) is 60.4 cm³/mol. The highest BCUT2D eigenvalue weighted by Gasteiger charge is 2.34. The second-order valence-corrected chi connectivity index (χ2v) is 4.42. The van der Waals surface area contributed by atoms with E-state index in [0.717, 1.165) is 6.08 Å². The van der Waals surface area contributed by atoms with Crippen molar-refractivity contribution < 1.29 is 27.9 Å². The largest absolute Gasteiger partial charge is 0.478 e. The van der Waals surface area contributed by atoms with Crippen LogP contribution in [0.5, 0.6) is 0 Å². The summed E-state index contributed by atoms with van der Waals surface area (Å²) in [6.45, 7) is -0.0546. The third-order valence-electron chi connectivity index (χ3n) is 2.72. The van der Waals surface area contributed by atoms with Gasteiger partial charge in [-0.3, -0.25) is 9.69 Å². The Labute approximate surface area is 108 Å². The Kier molecular flexibility index (Phi) is 5.34. The van der Waals surface area contributed by atoms with Crippen LogP contribution in [0.15, 0.2) is 12.2 Å². The molecule has 0 aliphatic carbocycles. The Balaban J connectivity index is 2.25. The van der Waals surface area contributed by atoms with E-state index in [-0.39, 0.29) is 19.0 Å². The third kappa shape index (κ3) is 6.80. The minimum Gasteiger partial charge on any atom is -0.478 e. The molecule has 5 nitrogen and oxygen atoms in total. The molecule has 0 radical (unpaired) electrons. The van der Waals surface area contributed by atoms with Crippen molar-refractivity contribution in [1.29, 1.82) is 0 Å². The lowest BCUT2D eigenvalue weighted by Gasteiger charge is -2.17. The number of carbonyl (C=O) groups excluding carboxylic acids is 1. The number of likely N-dealkylation sites (tertiary alicyclic amines) is 1. The number of carboxylic acids is 1. The van der Waals surface area contributed by atoms with Crippen LogP contribution < -0.4 is 5.32 Å². The van der Waals surface area contributed by atoms with Gasteiger partial charge in [-0.05, 0) is 18.9 Å². The molecule has 0 aromatic rings. The highest BCUT2D eigenvalue weighted by Crippen LogP contribution is 2.22. The number of aliphatic carboxylic acids is 1. The second-order valence-electron chi connectivity index (χ2n) is 4.42. The molecule has 8 heteroatoms. The Hall–Kier alpha value is -1.57. The van der Waals surface area contributed by atoms with E-state index in [4.69, 9.17) is 5.11 Å². The number of hydrogen-bond donors (Lipinski definition) is 2. The summed E-state index contributed by atoms with van der Waals surface area (Å²) in [7, 11) is 0. The zero-order chi connectivity index (χ0) is 14.5. The number of rotatable bonds is 5. The van der Waals surface area contributed by atoms with Crippen LogP contribution in [0.1, 0.15) is 6.42 Å². The van der Waals surface area contributed by atoms with Crippen molar-refractivity contribution >= 4 is 11.9 Å². The summed E-state index contributed by atoms with van der Waals surface area (Å²) in [5.41, 5.74) is 0. The van der Waals surface area contributed by atoms with E-state index in [1.54, 1.807) is 0 Å². The fourth-order valence-electron chi connectivity index (χ4n) is 1.93. The fourth-order valence-corrected chi connectivity index (χ4v) is 1.93. The van der Waals surface area contributed by atoms with Crippen molar-refractivity contribution in [3.63, 3.8) is 0 Å². The normalized spacial score (nSPS) is 20.9. The summed E-state index contributed by atoms with van der Waals surface area (Å²) in [6.07, 6.45) is -2.04. The minimum absolute atomic E-state index is 0.0375. The predicted octanol–water partition coefficient (Wildman–Crippen LogP) is 0.628. The van der Waals surface area contributed by atoms with E-state index in [1.807, 2.05) is 0 Å². The Morgan fingerprint density at radius 3 is 2.63 bits per heavy atom. The quantitative estimate of drug-likeness (QED) is 0.725. The number of carbonyl (C=O) groups is 2. The van der Waals surface area contributed by atoms with Crippen molar-refractivity contribution in [3.8, 4) is 0 Å². The highest BCUT2D eigenvalue weighted by molar-refractivity contribution is 5.93. The smallest absolute Gasteiger partial charge is 0.401 e. The summed E-state index contributed by atoms with van der Waals surface area (Å²) >= 11 is 0. The van der Waals surface area contributed by atoms with Crippen LogP contribution in [-0.4, -0.2) is 54.2 Å². The molecule has 1 saturated heterocycles. The zero-order valence-electron chi connectivity index (χ0n) is 10.1. The molecule has 1 heterocycles. The first-order chi connectivity index (χ1) is 8.76. The van der Waals surface area contributed by atoms with E-state index in [1.165, 1.54) is 4.90 Å². The summed E-state index contributed by atoms with van der Waals surface area (Å²) < 4.78 is 36.4. The summed E-state index contributed by atoms with van der Waals surface area (Å²) in [6, 6.07) is 0. The topological polar surface area (TPSA) is 69.6 Å². The van der Waals surface area contributed by atoms with Crippen molar-refractivity contribution in [3.05, 3.63) is 12.2 Å². The van der Waals surface area contributed by atoms with Crippen LogP contribution in [0, 0.1) is 5.92 Å². The molecule has 1 aliphatic rings. The number of hydrogen-bond acceptors (Lipinski definition) is 3. The van der Waals surface area contributed by atoms with Gasteiger partial charge in [-0.2, -0.15) is 13.2 Å². The molecule has 1 aliphatic heterocycles. The van der Waals surface area contributed by atoms with Gasteiger partial charge in [0.25, 0.3) is 0 Å². The molecule has 0 aromatic heterocycles. The van der Waals surface area contributed by atoms with Gasteiger partial charge in [0.2, 0.25) is 5.91 Å². The van der Waals surface area contributed by atoms with E-state index in [0.29, 0.717) is 19.0 Å². The first kappa shape index (κ1) is 15.5. The molecule has 1 unspecified atom stereocenters. The molecule has 2 N–H and O–H groups in total. The number of alkyl halides is 3. The first-order valence-electron chi connectivity index (χ1n) is 5.74. The van der Waals surface area contributed by atoms with Crippen molar-refractivity contribution in [2.24, 2.45) is 5.92 Å². The van der Waals surface area contributed by atoms with E-state index < -0.39 is 24.6 Å². The van der Waals surface area contributed by atoms with Crippen LogP contribution in [0.2, 0.25) is 0 Å². The molecule has 108 valence electrons. The molecule has 1 fully saturated rings. The van der Waals surface area contributed by atoms with Gasteiger partial charge in [0.1, 0.15) is 0 Å². The van der Waals surface area contributed by atoms with Gasteiger partial charge in [0.05, 0.1) is 6.54 Å². The maximum absolute atomic E-state index is 12.1. The van der Waals surface area contributed by atoms with Crippen LogP contribution in [0.3, 0.4) is 0 Å². The van der Waals surface area contributed by atoms with Gasteiger partial charge < -0.3 is 10.4 Å². The monoisotopic (exact) mass is 280 g/mol. The molecule has 1 atom stereocenters. The number of amides is 1. The molecule has 0 bridgehead atoms.